The predicted molar refractivity (Wildman–Crippen MR) is 333 cm³/mol. The number of carbonyl (C=O) groups is 11. The van der Waals surface area contributed by atoms with Crippen LogP contribution in [0.2, 0.25) is 0 Å². The van der Waals surface area contributed by atoms with E-state index in [1.54, 1.807) is 79.4 Å². The minimum absolute atomic E-state index is 0.00976. The fraction of sp³-hybridized carbons (Fsp3) is 0.657. The number of ketones is 3. The third kappa shape index (κ3) is 20.6. The second-order valence-corrected chi connectivity index (χ2v) is 25.9. The first-order chi connectivity index (χ1) is 40.9. The van der Waals surface area contributed by atoms with Crippen LogP contribution in [0.25, 0.3) is 0 Å². The molecule has 2 aliphatic rings. The van der Waals surface area contributed by atoms with Crippen LogP contribution in [-0.2, 0) is 65.6 Å². The highest BCUT2D eigenvalue weighted by molar-refractivity contribution is 6.00. The van der Waals surface area contributed by atoms with E-state index in [9.17, 15) is 48.3 Å². The molecule has 0 spiro atoms. The van der Waals surface area contributed by atoms with Crippen molar-refractivity contribution in [1.29, 1.82) is 0 Å². The van der Waals surface area contributed by atoms with Crippen molar-refractivity contribution >= 4 is 64.6 Å². The van der Waals surface area contributed by atoms with Gasteiger partial charge < -0.3 is 45.6 Å². The van der Waals surface area contributed by atoms with E-state index in [0.29, 0.717) is 30.6 Å². The molecule has 2 saturated heterocycles. The van der Waals surface area contributed by atoms with Crippen LogP contribution >= 0.6 is 0 Å². The van der Waals surface area contributed by atoms with Crippen molar-refractivity contribution < 1.29 is 57.8 Å². The molecular weight excluding hydrogens is 1110 g/mol. The molecule has 0 aliphatic carbocycles. The number of amides is 8. The molecule has 2 fully saturated rings. The fourth-order valence-electron chi connectivity index (χ4n) is 12.1. The van der Waals surface area contributed by atoms with Crippen LogP contribution in [0, 0.1) is 41.4 Å². The highest BCUT2D eigenvalue weighted by Crippen LogP contribution is 2.28. The number of likely N-dealkylation sites (tertiary alicyclic amines) is 1. The van der Waals surface area contributed by atoms with Gasteiger partial charge >= 0.3 is 0 Å². The highest BCUT2D eigenvalue weighted by atomic mass is 16.3. The van der Waals surface area contributed by atoms with Crippen LogP contribution < -0.4 is 16.0 Å². The zero-order valence-electron chi connectivity index (χ0n) is 54.5. The van der Waals surface area contributed by atoms with Gasteiger partial charge in [0.1, 0.15) is 24.2 Å². The molecule has 4 N–H and O–H groups in total. The molecule has 0 aromatic heterocycles. The van der Waals surface area contributed by atoms with Crippen molar-refractivity contribution in [3.8, 4) is 0 Å². The molecule has 8 amide bonds. The topological polar surface area (TPSA) is 260 Å². The minimum Gasteiger partial charge on any atom is -0.393 e. The summed E-state index contributed by atoms with van der Waals surface area (Å²) in [5, 5.41) is 19.7. The number of nitrogens with one attached hydrogen (secondary N) is 3. The summed E-state index contributed by atoms with van der Waals surface area (Å²) in [6.45, 7) is 19.9. The van der Waals surface area contributed by atoms with Gasteiger partial charge in [-0.05, 0) is 94.1 Å². The van der Waals surface area contributed by atoms with Crippen molar-refractivity contribution in [2.24, 2.45) is 41.4 Å². The van der Waals surface area contributed by atoms with Crippen LogP contribution in [0.5, 0.6) is 0 Å². The monoisotopic (exact) mass is 1210 g/mol. The van der Waals surface area contributed by atoms with Gasteiger partial charge in [-0.25, -0.2) is 0 Å². The van der Waals surface area contributed by atoms with Crippen LogP contribution in [0.4, 0.5) is 0 Å². The van der Waals surface area contributed by atoms with Gasteiger partial charge in [0.2, 0.25) is 47.3 Å². The lowest BCUT2D eigenvalue weighted by atomic mass is 9.87. The number of likely N-dealkylation sites (N-methyl/N-ethyl adjacent to an activating group) is 4. The van der Waals surface area contributed by atoms with E-state index in [0.717, 1.165) is 19.3 Å². The Labute approximate surface area is 517 Å². The first-order valence-corrected chi connectivity index (χ1v) is 31.5. The molecule has 0 saturated carbocycles. The number of benzene rings is 2. The number of aliphatic hydroxyl groups excluding tert-OH is 1. The molecule has 4 rings (SSSR count). The van der Waals surface area contributed by atoms with Crippen molar-refractivity contribution in [3.05, 3.63) is 71.8 Å². The van der Waals surface area contributed by atoms with E-state index in [2.05, 4.69) is 16.0 Å². The number of hydrogen-bond donors (Lipinski definition) is 4. The minimum atomic E-state index is -1.44. The summed E-state index contributed by atoms with van der Waals surface area (Å²) in [4.78, 5) is 168. The van der Waals surface area contributed by atoms with E-state index in [-0.39, 0.29) is 43.9 Å². The summed E-state index contributed by atoms with van der Waals surface area (Å²) < 4.78 is 0. The van der Waals surface area contributed by atoms with Crippen molar-refractivity contribution in [1.82, 2.24) is 40.4 Å². The summed E-state index contributed by atoms with van der Waals surface area (Å²) in [5.41, 5.74) is 1.34. The normalized spacial score (nSPS) is 26.9. The first kappa shape index (κ1) is 72.6. The second-order valence-electron chi connectivity index (χ2n) is 25.9. The van der Waals surface area contributed by atoms with Gasteiger partial charge in [0, 0.05) is 79.3 Å². The molecule has 2 heterocycles. The molecule has 0 unspecified atom stereocenters. The van der Waals surface area contributed by atoms with Gasteiger partial charge in [0.25, 0.3) is 0 Å². The van der Waals surface area contributed by atoms with E-state index in [1.165, 1.54) is 68.6 Å². The summed E-state index contributed by atoms with van der Waals surface area (Å²) in [5.74, 6) is -11.4. The van der Waals surface area contributed by atoms with Gasteiger partial charge in [-0.15, -0.1) is 0 Å². The van der Waals surface area contributed by atoms with Gasteiger partial charge in [0.15, 0.2) is 17.3 Å². The Hall–Kier alpha value is -6.83. The SMILES string of the molecule is CC[C@H](C)[C@H]1C(=O)N(C)[C@@H](C)C(=O)N[C@@H](Cc2ccccc2)C(=O)C[C@@H]([C@@H](C)O)C(=O)N[C@@H](CC(C)C)C(=O)N(C)[C@@H](Cc2ccccc2)C(=O)N(C)[C@@H](C(C)C)C(=O)C[C@H](C(=O)N2CCCCC2)CC(=O)N[C@@H](C)C(=O)C[C@@H](CC(C)C)C(=O)N1C. The van der Waals surface area contributed by atoms with E-state index in [1.807, 2.05) is 41.5 Å². The van der Waals surface area contributed by atoms with Crippen molar-refractivity contribution in [2.75, 3.05) is 41.3 Å². The zero-order chi connectivity index (χ0) is 65.1. The maximum Gasteiger partial charge on any atom is 0.246 e. The largest absolute Gasteiger partial charge is 0.393 e. The lowest BCUT2D eigenvalue weighted by molar-refractivity contribution is -0.151. The molecule has 0 radical (unpaired) electrons. The fourth-order valence-corrected chi connectivity index (χ4v) is 12.1. The Balaban J connectivity index is 1.90. The molecule has 482 valence electrons. The molecular formula is C67H102N8O12. The molecule has 20 nitrogen and oxygen atoms in total. The average Bonchev–Trinajstić information content (AvgIpc) is 2.04. The lowest BCUT2D eigenvalue weighted by Crippen LogP contribution is -2.59. The number of carbonyl (C=O) groups excluding carboxylic acids is 11. The van der Waals surface area contributed by atoms with Crippen LogP contribution in [0.3, 0.4) is 0 Å². The Morgan fingerprint density at radius 3 is 1.62 bits per heavy atom. The number of aliphatic hydroxyl groups is 1. The maximum atomic E-state index is 15.3. The van der Waals surface area contributed by atoms with Gasteiger partial charge in [0.05, 0.1) is 36.1 Å². The molecule has 0 bridgehead atoms. The van der Waals surface area contributed by atoms with Gasteiger partial charge in [-0.2, -0.15) is 0 Å². The Morgan fingerprint density at radius 2 is 1.09 bits per heavy atom. The predicted octanol–water partition coefficient (Wildman–Crippen LogP) is 5.59. The third-order valence-corrected chi connectivity index (χ3v) is 17.6. The van der Waals surface area contributed by atoms with E-state index < -0.39 is 162 Å². The summed E-state index contributed by atoms with van der Waals surface area (Å²) in [7, 11) is 5.83. The average molecular weight is 1210 g/mol. The Morgan fingerprint density at radius 1 is 0.552 bits per heavy atom. The summed E-state index contributed by atoms with van der Waals surface area (Å²) >= 11 is 0. The van der Waals surface area contributed by atoms with Crippen LogP contribution in [0.15, 0.2) is 60.7 Å². The Kier molecular flexibility index (Phi) is 28.4. The number of piperidine rings is 1. The lowest BCUT2D eigenvalue weighted by Gasteiger charge is -2.38. The second kappa shape index (κ2) is 34.1. The molecule has 20 heteroatoms. The summed E-state index contributed by atoms with van der Waals surface area (Å²) in [6.07, 6.45) is -0.116. The third-order valence-electron chi connectivity index (χ3n) is 17.6. The standard InChI is InChI=1S/C67H102N8O12/c1-16-43(8)60-67(87)71(12)45(10)61(81)69-52(34-47-26-20-17-21-27-47)56(78)39-51(46(11)76)62(82)70-53(33-41(4)5)65(85)72(13)54(35-48-28-22-18-23-29-48)66(86)73(14)59(42(6)7)57(79)37-50(64(84)75-30-24-19-25-31-75)38-58(80)68-44(9)55(77)36-49(32-40(2)3)63(83)74(60)15/h17-18,20-23,26-29,40-46,49-54,59-60,76H,16,19,24-25,30-39H2,1-15H3,(H,68,80)(H,69,81)(H,70,82)/t43-,44-,45-,46+,49+,50-,51-,52-,53-,54-,59-,60-/m0/s1. The smallest absolute Gasteiger partial charge is 0.246 e. The molecule has 2 aliphatic heterocycles. The maximum absolute atomic E-state index is 15.3. The number of Topliss-reactive ketones (excluding diaryl/α,β-unsaturated/α-hetero) is 3. The van der Waals surface area contributed by atoms with Gasteiger partial charge in [-0.1, -0.05) is 122 Å². The first-order valence-electron chi connectivity index (χ1n) is 31.5. The number of hydrogen-bond acceptors (Lipinski definition) is 12. The van der Waals surface area contributed by atoms with E-state index >= 15 is 9.59 Å². The van der Waals surface area contributed by atoms with Crippen molar-refractivity contribution in [3.63, 3.8) is 0 Å². The van der Waals surface area contributed by atoms with Crippen LogP contribution in [-0.4, -0.2) is 184 Å². The zero-order valence-corrected chi connectivity index (χ0v) is 54.5. The van der Waals surface area contributed by atoms with Gasteiger partial charge in [-0.3, -0.25) is 52.7 Å². The molecule has 87 heavy (non-hydrogen) atoms. The number of nitrogens with zero attached hydrogens (tertiary/aromatic N) is 5. The van der Waals surface area contributed by atoms with Crippen LogP contribution in [0.1, 0.15) is 151 Å². The van der Waals surface area contributed by atoms with Crippen molar-refractivity contribution in [2.45, 2.75) is 202 Å². The quantitative estimate of drug-likeness (QED) is 0.191. The Bertz CT molecular complexity index is 2680. The molecule has 2 aromatic rings. The summed E-state index contributed by atoms with van der Waals surface area (Å²) in [6, 6.07) is 9.42. The molecule has 12 atom stereocenters. The molecule has 2 aromatic carbocycles. The highest BCUT2D eigenvalue weighted by Gasteiger charge is 2.43. The number of rotatable bonds is 13. The van der Waals surface area contributed by atoms with E-state index in [4.69, 9.17) is 0 Å².